The zero-order valence-corrected chi connectivity index (χ0v) is 10.2. The molecule has 0 aliphatic heterocycles. The molecule has 0 bridgehead atoms. The van der Waals surface area contributed by atoms with E-state index in [1.165, 1.54) is 0 Å². The van der Waals surface area contributed by atoms with Crippen LogP contribution in [0.4, 0.5) is 5.82 Å². The first kappa shape index (κ1) is 12.0. The third-order valence-electron chi connectivity index (χ3n) is 1.86. The fraction of sp³-hybridized carbons (Fsp3) is 0.600. The molecule has 1 amide bonds. The Kier molecular flexibility index (Phi) is 3.39. The molecule has 1 aromatic heterocycles. The molecule has 1 aromatic rings. The van der Waals surface area contributed by atoms with Crippen LogP contribution in [0.2, 0.25) is 0 Å². The Labute approximate surface area is 94.6 Å². The van der Waals surface area contributed by atoms with E-state index in [2.05, 4.69) is 10.4 Å². The molecular formula is C10H16ClN3O. The summed E-state index contributed by atoms with van der Waals surface area (Å²) in [5, 5.41) is 7.05. The van der Waals surface area contributed by atoms with E-state index in [4.69, 9.17) is 11.6 Å². The highest BCUT2D eigenvalue weighted by Gasteiger charge is 2.19. The molecule has 0 aliphatic rings. The van der Waals surface area contributed by atoms with Crippen molar-refractivity contribution in [2.45, 2.75) is 33.2 Å². The smallest absolute Gasteiger partial charge is 0.240 e. The highest BCUT2D eigenvalue weighted by atomic mass is 35.5. The molecular weight excluding hydrogens is 214 g/mol. The topological polar surface area (TPSA) is 46.9 Å². The van der Waals surface area contributed by atoms with Gasteiger partial charge in [-0.2, -0.15) is 5.10 Å². The monoisotopic (exact) mass is 229 g/mol. The van der Waals surface area contributed by atoms with Crippen LogP contribution in [0.3, 0.4) is 0 Å². The van der Waals surface area contributed by atoms with Gasteiger partial charge < -0.3 is 5.32 Å². The Morgan fingerprint density at radius 3 is 2.67 bits per heavy atom. The van der Waals surface area contributed by atoms with E-state index in [1.807, 2.05) is 33.8 Å². The number of aryl methyl sites for hydroxylation is 1. The normalized spacial score (nSPS) is 11.5. The fourth-order valence-corrected chi connectivity index (χ4v) is 1.34. The molecule has 0 unspecified atom stereocenters. The lowest BCUT2D eigenvalue weighted by atomic mass is 10.1. The summed E-state index contributed by atoms with van der Waals surface area (Å²) in [6.07, 6.45) is 0. The third-order valence-corrected chi connectivity index (χ3v) is 2.10. The molecule has 84 valence electrons. The van der Waals surface area contributed by atoms with Gasteiger partial charge in [-0.3, -0.25) is 4.79 Å². The Morgan fingerprint density at radius 1 is 1.60 bits per heavy atom. The van der Waals surface area contributed by atoms with Crippen molar-refractivity contribution in [3.8, 4) is 0 Å². The van der Waals surface area contributed by atoms with Gasteiger partial charge in [0, 0.05) is 6.07 Å². The summed E-state index contributed by atoms with van der Waals surface area (Å²) in [6, 6.07) is 1.83. The van der Waals surface area contributed by atoms with Crippen LogP contribution < -0.4 is 5.32 Å². The van der Waals surface area contributed by atoms with Crippen LogP contribution in [0.15, 0.2) is 6.07 Å². The quantitative estimate of drug-likeness (QED) is 0.790. The second kappa shape index (κ2) is 4.23. The highest BCUT2D eigenvalue weighted by molar-refractivity contribution is 6.29. The van der Waals surface area contributed by atoms with Crippen molar-refractivity contribution in [2.24, 2.45) is 0 Å². The Morgan fingerprint density at radius 2 is 2.20 bits per heavy atom. The lowest BCUT2D eigenvalue weighted by Crippen LogP contribution is -2.27. The maximum atomic E-state index is 11.2. The number of nitrogens with one attached hydrogen (secondary N) is 1. The van der Waals surface area contributed by atoms with Gasteiger partial charge in [-0.05, 0) is 27.7 Å². The third kappa shape index (κ3) is 2.96. The number of rotatable bonds is 2. The second-order valence-corrected chi connectivity index (χ2v) is 4.70. The van der Waals surface area contributed by atoms with Gasteiger partial charge in [0.1, 0.15) is 11.7 Å². The maximum Gasteiger partial charge on any atom is 0.240 e. The minimum atomic E-state index is -0.220. The molecule has 0 saturated heterocycles. The maximum absolute atomic E-state index is 11.2. The predicted molar refractivity (Wildman–Crippen MR) is 61.3 cm³/mol. The SMILES string of the molecule is Cc1cc(NC(=O)CCl)n(C(C)(C)C)n1. The van der Waals surface area contributed by atoms with Crippen LogP contribution >= 0.6 is 11.6 Å². The van der Waals surface area contributed by atoms with Crippen molar-refractivity contribution < 1.29 is 4.79 Å². The average molecular weight is 230 g/mol. The van der Waals surface area contributed by atoms with Gasteiger partial charge in [0.25, 0.3) is 0 Å². The summed E-state index contributed by atoms with van der Waals surface area (Å²) in [7, 11) is 0. The largest absolute Gasteiger partial charge is 0.310 e. The summed E-state index contributed by atoms with van der Waals surface area (Å²) in [4.78, 5) is 11.2. The van der Waals surface area contributed by atoms with E-state index < -0.39 is 0 Å². The summed E-state index contributed by atoms with van der Waals surface area (Å²) >= 11 is 5.43. The minimum absolute atomic E-state index is 0.0473. The minimum Gasteiger partial charge on any atom is -0.310 e. The Bertz CT molecular complexity index is 365. The molecule has 5 heteroatoms. The van der Waals surface area contributed by atoms with Crippen LogP contribution in [0.25, 0.3) is 0 Å². The number of hydrogen-bond acceptors (Lipinski definition) is 2. The van der Waals surface area contributed by atoms with Gasteiger partial charge in [-0.25, -0.2) is 4.68 Å². The van der Waals surface area contributed by atoms with Crippen LogP contribution in [0, 0.1) is 6.92 Å². The van der Waals surface area contributed by atoms with Crippen molar-refractivity contribution in [3.05, 3.63) is 11.8 Å². The number of halogens is 1. The molecule has 4 nitrogen and oxygen atoms in total. The lowest BCUT2D eigenvalue weighted by molar-refractivity contribution is -0.114. The second-order valence-electron chi connectivity index (χ2n) is 4.44. The van der Waals surface area contributed by atoms with Crippen molar-refractivity contribution in [3.63, 3.8) is 0 Å². The van der Waals surface area contributed by atoms with E-state index in [0.29, 0.717) is 5.82 Å². The Balaban J connectivity index is 3.02. The van der Waals surface area contributed by atoms with Crippen LogP contribution in [-0.4, -0.2) is 21.6 Å². The molecule has 0 fully saturated rings. The molecule has 0 saturated carbocycles. The summed E-state index contributed by atoms with van der Waals surface area (Å²) in [6.45, 7) is 7.96. The molecule has 0 radical (unpaired) electrons. The number of alkyl halides is 1. The standard InChI is InChI=1S/C10H16ClN3O/c1-7-5-8(12-9(15)6-11)14(13-7)10(2,3)4/h5H,6H2,1-4H3,(H,12,15). The molecule has 1 N–H and O–H groups in total. The van der Waals surface area contributed by atoms with Crippen LogP contribution in [-0.2, 0) is 10.3 Å². The van der Waals surface area contributed by atoms with Gasteiger partial charge in [0.05, 0.1) is 11.2 Å². The summed E-state index contributed by atoms with van der Waals surface area (Å²) < 4.78 is 1.78. The summed E-state index contributed by atoms with van der Waals surface area (Å²) in [5.41, 5.74) is 0.707. The lowest BCUT2D eigenvalue weighted by Gasteiger charge is -2.22. The predicted octanol–water partition coefficient (Wildman–Crippen LogP) is 2.12. The van der Waals surface area contributed by atoms with Crippen molar-refractivity contribution in [1.29, 1.82) is 0 Å². The molecule has 0 atom stereocenters. The Hall–Kier alpha value is -1.03. The van der Waals surface area contributed by atoms with Gasteiger partial charge in [0.2, 0.25) is 5.91 Å². The number of carbonyl (C=O) groups is 1. The van der Waals surface area contributed by atoms with E-state index >= 15 is 0 Å². The molecule has 15 heavy (non-hydrogen) atoms. The zero-order valence-electron chi connectivity index (χ0n) is 9.47. The number of amides is 1. The zero-order chi connectivity index (χ0) is 11.6. The average Bonchev–Trinajstić information content (AvgIpc) is 2.45. The summed E-state index contributed by atoms with van der Waals surface area (Å²) in [5.74, 6) is 0.418. The number of anilines is 1. The first-order valence-corrected chi connectivity index (χ1v) is 5.31. The molecule has 0 spiro atoms. The number of nitrogens with zero attached hydrogens (tertiary/aromatic N) is 2. The number of carbonyl (C=O) groups excluding carboxylic acids is 1. The van der Waals surface area contributed by atoms with E-state index in [0.717, 1.165) is 5.69 Å². The van der Waals surface area contributed by atoms with Crippen molar-refractivity contribution in [1.82, 2.24) is 9.78 Å². The molecule has 0 aromatic carbocycles. The molecule has 0 aliphatic carbocycles. The van der Waals surface area contributed by atoms with Gasteiger partial charge in [-0.15, -0.1) is 11.6 Å². The van der Waals surface area contributed by atoms with Crippen LogP contribution in [0.5, 0.6) is 0 Å². The fourth-order valence-electron chi connectivity index (χ4n) is 1.28. The highest BCUT2D eigenvalue weighted by Crippen LogP contribution is 2.20. The van der Waals surface area contributed by atoms with E-state index in [-0.39, 0.29) is 17.3 Å². The molecule has 1 rings (SSSR count). The van der Waals surface area contributed by atoms with E-state index in [9.17, 15) is 4.79 Å². The van der Waals surface area contributed by atoms with Gasteiger partial charge in [0.15, 0.2) is 0 Å². The van der Waals surface area contributed by atoms with Crippen molar-refractivity contribution >= 4 is 23.3 Å². The van der Waals surface area contributed by atoms with Gasteiger partial charge in [-0.1, -0.05) is 0 Å². The first-order valence-electron chi connectivity index (χ1n) is 4.77. The van der Waals surface area contributed by atoms with Crippen LogP contribution in [0.1, 0.15) is 26.5 Å². The number of hydrogen-bond donors (Lipinski definition) is 1. The molecule has 1 heterocycles. The van der Waals surface area contributed by atoms with Gasteiger partial charge >= 0.3 is 0 Å². The van der Waals surface area contributed by atoms with Crippen molar-refractivity contribution in [2.75, 3.05) is 11.2 Å². The number of aromatic nitrogens is 2. The first-order chi connectivity index (χ1) is 6.84. The van der Waals surface area contributed by atoms with E-state index in [1.54, 1.807) is 4.68 Å².